The van der Waals surface area contributed by atoms with E-state index in [9.17, 15) is 4.39 Å². The standard InChI is InChI=1S/C13H13FN4OS/c14-10-4-8-2-1-3-19-12(8)9(5-10)6-16-18-13-17-11(15)7-20-13/h4-7H,1-3,15H2,(H,17,18). The number of aryl methyl sites for hydroxylation is 1. The Morgan fingerprint density at radius 3 is 3.20 bits per heavy atom. The summed E-state index contributed by atoms with van der Waals surface area (Å²) in [5.74, 6) is 0.871. The van der Waals surface area contributed by atoms with Crippen molar-refractivity contribution in [2.24, 2.45) is 5.10 Å². The van der Waals surface area contributed by atoms with E-state index in [0.29, 0.717) is 28.9 Å². The van der Waals surface area contributed by atoms with Crippen LogP contribution in [0, 0.1) is 5.82 Å². The van der Waals surface area contributed by atoms with Gasteiger partial charge in [0.15, 0.2) is 0 Å². The zero-order valence-electron chi connectivity index (χ0n) is 10.6. The maximum atomic E-state index is 13.5. The fourth-order valence-electron chi connectivity index (χ4n) is 2.06. The summed E-state index contributed by atoms with van der Waals surface area (Å²) in [6.07, 6.45) is 3.26. The maximum absolute atomic E-state index is 13.5. The second kappa shape index (κ2) is 5.46. The second-order valence-electron chi connectivity index (χ2n) is 4.38. The third kappa shape index (κ3) is 2.72. The predicted octanol–water partition coefficient (Wildman–Crippen LogP) is 2.64. The molecule has 1 aromatic carbocycles. The Labute approximate surface area is 119 Å². The molecule has 0 fully saturated rings. The molecule has 0 unspecified atom stereocenters. The number of anilines is 2. The van der Waals surface area contributed by atoms with E-state index < -0.39 is 0 Å². The van der Waals surface area contributed by atoms with Crippen LogP contribution in [0.25, 0.3) is 0 Å². The number of nitrogens with two attached hydrogens (primary N) is 1. The van der Waals surface area contributed by atoms with Crippen LogP contribution in [0.5, 0.6) is 5.75 Å². The average molecular weight is 292 g/mol. The lowest BCUT2D eigenvalue weighted by molar-refractivity contribution is 0.287. The molecular formula is C13H13FN4OS. The lowest BCUT2D eigenvalue weighted by Gasteiger charge is -2.19. The van der Waals surface area contributed by atoms with Gasteiger partial charge in [-0.1, -0.05) is 0 Å². The van der Waals surface area contributed by atoms with Crippen molar-refractivity contribution in [1.82, 2.24) is 4.98 Å². The van der Waals surface area contributed by atoms with Gasteiger partial charge in [0.2, 0.25) is 5.13 Å². The fraction of sp³-hybridized carbons (Fsp3) is 0.231. The molecule has 1 aliphatic heterocycles. The lowest BCUT2D eigenvalue weighted by Crippen LogP contribution is -2.11. The highest BCUT2D eigenvalue weighted by atomic mass is 32.1. The SMILES string of the molecule is Nc1csc(NN=Cc2cc(F)cc3c2OCCC3)n1. The van der Waals surface area contributed by atoms with Crippen molar-refractivity contribution in [3.05, 3.63) is 34.5 Å². The molecule has 0 saturated carbocycles. The minimum atomic E-state index is -0.283. The molecular weight excluding hydrogens is 279 g/mol. The van der Waals surface area contributed by atoms with Gasteiger partial charge in [0.05, 0.1) is 12.8 Å². The first-order valence-electron chi connectivity index (χ1n) is 6.17. The van der Waals surface area contributed by atoms with E-state index in [1.807, 2.05) is 0 Å². The highest BCUT2D eigenvalue weighted by Crippen LogP contribution is 2.29. The molecule has 0 radical (unpaired) electrons. The Bertz CT molecular complexity index is 656. The van der Waals surface area contributed by atoms with Crippen molar-refractivity contribution in [3.63, 3.8) is 0 Å². The summed E-state index contributed by atoms with van der Waals surface area (Å²) < 4.78 is 19.1. The Morgan fingerprint density at radius 1 is 1.50 bits per heavy atom. The number of nitrogens with one attached hydrogen (secondary N) is 1. The van der Waals surface area contributed by atoms with Crippen LogP contribution in [-0.2, 0) is 6.42 Å². The van der Waals surface area contributed by atoms with Crippen molar-refractivity contribution < 1.29 is 9.13 Å². The molecule has 3 rings (SSSR count). The zero-order chi connectivity index (χ0) is 13.9. The summed E-state index contributed by atoms with van der Waals surface area (Å²) in [7, 11) is 0. The number of ether oxygens (including phenoxy) is 1. The van der Waals surface area contributed by atoms with Crippen molar-refractivity contribution in [2.45, 2.75) is 12.8 Å². The summed E-state index contributed by atoms with van der Waals surface area (Å²) >= 11 is 1.35. The van der Waals surface area contributed by atoms with Crippen LogP contribution in [0.2, 0.25) is 0 Å². The molecule has 3 N–H and O–H groups in total. The van der Waals surface area contributed by atoms with Crippen LogP contribution in [-0.4, -0.2) is 17.8 Å². The molecule has 5 nitrogen and oxygen atoms in total. The molecule has 0 bridgehead atoms. The van der Waals surface area contributed by atoms with Gasteiger partial charge in [0.25, 0.3) is 0 Å². The molecule has 1 aromatic heterocycles. The Hall–Kier alpha value is -2.15. The van der Waals surface area contributed by atoms with Crippen molar-refractivity contribution >= 4 is 28.5 Å². The van der Waals surface area contributed by atoms with Gasteiger partial charge in [-0.25, -0.2) is 9.37 Å². The number of halogens is 1. The summed E-state index contributed by atoms with van der Waals surface area (Å²) in [4.78, 5) is 4.01. The van der Waals surface area contributed by atoms with Gasteiger partial charge in [0, 0.05) is 10.9 Å². The smallest absolute Gasteiger partial charge is 0.205 e. The van der Waals surface area contributed by atoms with Gasteiger partial charge >= 0.3 is 0 Å². The zero-order valence-corrected chi connectivity index (χ0v) is 11.4. The summed E-state index contributed by atoms with van der Waals surface area (Å²) in [5.41, 5.74) is 9.78. The fourth-order valence-corrected chi connectivity index (χ4v) is 2.61. The number of aromatic nitrogens is 1. The van der Waals surface area contributed by atoms with Crippen molar-refractivity contribution in [1.29, 1.82) is 0 Å². The average Bonchev–Trinajstić information content (AvgIpc) is 2.84. The molecule has 2 aromatic rings. The van der Waals surface area contributed by atoms with Gasteiger partial charge in [0.1, 0.15) is 17.4 Å². The third-order valence-electron chi connectivity index (χ3n) is 2.88. The number of hydrogen-bond acceptors (Lipinski definition) is 6. The first kappa shape index (κ1) is 12.9. The molecule has 104 valence electrons. The summed E-state index contributed by atoms with van der Waals surface area (Å²) in [6, 6.07) is 2.92. The molecule has 0 saturated heterocycles. The molecule has 2 heterocycles. The summed E-state index contributed by atoms with van der Waals surface area (Å²) in [5, 5.41) is 6.35. The molecule has 1 aliphatic rings. The first-order valence-corrected chi connectivity index (χ1v) is 7.05. The third-order valence-corrected chi connectivity index (χ3v) is 3.65. The maximum Gasteiger partial charge on any atom is 0.205 e. The number of hydrogen-bond donors (Lipinski definition) is 2. The largest absolute Gasteiger partial charge is 0.493 e. The Kier molecular flexibility index (Phi) is 3.51. The van der Waals surface area contributed by atoms with Gasteiger partial charge in [-0.2, -0.15) is 5.10 Å². The monoisotopic (exact) mass is 292 g/mol. The van der Waals surface area contributed by atoms with Gasteiger partial charge < -0.3 is 10.5 Å². The van der Waals surface area contributed by atoms with E-state index in [2.05, 4.69) is 15.5 Å². The van der Waals surface area contributed by atoms with Crippen LogP contribution < -0.4 is 15.9 Å². The quantitative estimate of drug-likeness (QED) is 0.674. The van der Waals surface area contributed by atoms with Crippen LogP contribution in [0.1, 0.15) is 17.5 Å². The van der Waals surface area contributed by atoms with Crippen LogP contribution in [0.3, 0.4) is 0 Å². The minimum Gasteiger partial charge on any atom is -0.493 e. The van der Waals surface area contributed by atoms with E-state index >= 15 is 0 Å². The number of fused-ring (bicyclic) bond motifs is 1. The topological polar surface area (TPSA) is 72.5 Å². The Balaban J connectivity index is 1.81. The predicted molar refractivity (Wildman–Crippen MR) is 78.0 cm³/mol. The number of benzene rings is 1. The second-order valence-corrected chi connectivity index (χ2v) is 5.24. The van der Waals surface area contributed by atoms with Crippen LogP contribution >= 0.6 is 11.3 Å². The normalized spacial score (nSPS) is 14.1. The summed E-state index contributed by atoms with van der Waals surface area (Å²) in [6.45, 7) is 0.649. The first-order chi connectivity index (χ1) is 9.72. The lowest BCUT2D eigenvalue weighted by atomic mass is 10.0. The van der Waals surface area contributed by atoms with E-state index in [1.54, 1.807) is 5.38 Å². The molecule has 7 heteroatoms. The van der Waals surface area contributed by atoms with Gasteiger partial charge in [-0.3, -0.25) is 5.43 Å². The molecule has 20 heavy (non-hydrogen) atoms. The van der Waals surface area contributed by atoms with Crippen molar-refractivity contribution in [3.8, 4) is 5.75 Å². The molecule has 0 aliphatic carbocycles. The highest BCUT2D eigenvalue weighted by molar-refractivity contribution is 7.14. The number of hydrazone groups is 1. The van der Waals surface area contributed by atoms with Crippen LogP contribution in [0.15, 0.2) is 22.6 Å². The molecule has 0 spiro atoms. The van der Waals surface area contributed by atoms with E-state index in [-0.39, 0.29) is 5.82 Å². The van der Waals surface area contributed by atoms with E-state index in [1.165, 1.54) is 29.7 Å². The van der Waals surface area contributed by atoms with Gasteiger partial charge in [-0.15, -0.1) is 11.3 Å². The molecule has 0 amide bonds. The van der Waals surface area contributed by atoms with Gasteiger partial charge in [-0.05, 0) is 30.5 Å². The van der Waals surface area contributed by atoms with Crippen molar-refractivity contribution in [2.75, 3.05) is 17.8 Å². The Morgan fingerprint density at radius 2 is 2.40 bits per heavy atom. The van der Waals surface area contributed by atoms with E-state index in [4.69, 9.17) is 10.5 Å². The number of nitrogen functional groups attached to an aromatic ring is 1. The number of nitrogens with zero attached hydrogens (tertiary/aromatic N) is 2. The number of rotatable bonds is 3. The molecule has 0 atom stereocenters. The number of thiazole rings is 1. The minimum absolute atomic E-state index is 0.283. The highest BCUT2D eigenvalue weighted by Gasteiger charge is 2.15. The van der Waals surface area contributed by atoms with E-state index in [0.717, 1.165) is 18.4 Å². The van der Waals surface area contributed by atoms with Crippen LogP contribution in [0.4, 0.5) is 15.3 Å².